The highest BCUT2D eigenvalue weighted by molar-refractivity contribution is 7.09. The van der Waals surface area contributed by atoms with Crippen LogP contribution < -0.4 is 5.32 Å². The van der Waals surface area contributed by atoms with E-state index in [2.05, 4.69) is 27.7 Å². The highest BCUT2D eigenvalue weighted by atomic mass is 35.5. The van der Waals surface area contributed by atoms with Gasteiger partial charge < -0.3 is 5.32 Å². The number of rotatable bonds is 7. The number of anilines is 1. The Morgan fingerprint density at radius 1 is 1.20 bits per heavy atom. The molecule has 1 fully saturated rings. The quantitative estimate of drug-likeness (QED) is 0.811. The van der Waals surface area contributed by atoms with Crippen molar-refractivity contribution in [3.63, 3.8) is 0 Å². The van der Waals surface area contributed by atoms with Crippen molar-refractivity contribution in [1.29, 1.82) is 0 Å². The maximum absolute atomic E-state index is 5.89. The molecule has 1 aromatic heterocycles. The fraction of sp³-hybridized carbons (Fsp3) is 0.375. The number of nitrogens with zero attached hydrogens (tertiary/aromatic N) is 1. The predicted octanol–water partition coefficient (Wildman–Crippen LogP) is 4.48. The summed E-state index contributed by atoms with van der Waals surface area (Å²) in [5.41, 5.74) is 1.14. The van der Waals surface area contributed by atoms with Crippen LogP contribution in [0.3, 0.4) is 0 Å². The summed E-state index contributed by atoms with van der Waals surface area (Å²) in [7, 11) is 0. The second-order valence-electron chi connectivity index (χ2n) is 5.21. The molecule has 2 nitrogen and oxygen atoms in total. The summed E-state index contributed by atoms with van der Waals surface area (Å²) in [6, 6.07) is 13.1. The number of hydrogen-bond donors (Lipinski definition) is 1. The molecule has 3 rings (SSSR count). The van der Waals surface area contributed by atoms with Crippen LogP contribution in [0.4, 0.5) is 5.69 Å². The lowest BCUT2D eigenvalue weighted by atomic mass is 10.3. The average Bonchev–Trinajstić information content (AvgIpc) is 3.18. The molecule has 1 heterocycles. The van der Waals surface area contributed by atoms with E-state index in [1.54, 1.807) is 0 Å². The first kappa shape index (κ1) is 13.9. The van der Waals surface area contributed by atoms with Gasteiger partial charge in [0.05, 0.1) is 0 Å². The zero-order valence-corrected chi connectivity index (χ0v) is 13.0. The lowest BCUT2D eigenvalue weighted by Crippen LogP contribution is -2.30. The van der Waals surface area contributed by atoms with Gasteiger partial charge >= 0.3 is 0 Å². The first-order chi connectivity index (χ1) is 9.81. The zero-order chi connectivity index (χ0) is 13.8. The molecule has 0 unspecified atom stereocenters. The minimum atomic E-state index is 0.785. The average molecular weight is 307 g/mol. The van der Waals surface area contributed by atoms with E-state index >= 15 is 0 Å². The summed E-state index contributed by atoms with van der Waals surface area (Å²) in [5, 5.41) is 6.41. The van der Waals surface area contributed by atoms with Crippen molar-refractivity contribution in [3.8, 4) is 0 Å². The van der Waals surface area contributed by atoms with Gasteiger partial charge in [-0.1, -0.05) is 17.7 Å². The molecule has 2 aromatic rings. The first-order valence-corrected chi connectivity index (χ1v) is 8.33. The number of thiophene rings is 1. The van der Waals surface area contributed by atoms with E-state index in [0.717, 1.165) is 36.4 Å². The molecule has 0 aliphatic heterocycles. The Kier molecular flexibility index (Phi) is 4.61. The molecule has 1 aliphatic rings. The monoisotopic (exact) mass is 306 g/mol. The second kappa shape index (κ2) is 6.61. The van der Waals surface area contributed by atoms with Crippen molar-refractivity contribution in [3.05, 3.63) is 51.7 Å². The van der Waals surface area contributed by atoms with Gasteiger partial charge in [-0.25, -0.2) is 0 Å². The Hall–Kier alpha value is -1.03. The Bertz CT molecular complexity index is 520. The van der Waals surface area contributed by atoms with Crippen molar-refractivity contribution in [2.45, 2.75) is 25.4 Å². The van der Waals surface area contributed by atoms with Crippen molar-refractivity contribution in [2.24, 2.45) is 0 Å². The standard InChI is InChI=1S/C16H19ClN2S/c17-13-3-5-14(6-4-13)18-9-10-19(15-7-8-15)12-16-2-1-11-20-16/h1-6,11,15,18H,7-10,12H2. The summed E-state index contributed by atoms with van der Waals surface area (Å²) in [6.07, 6.45) is 2.71. The molecule has 20 heavy (non-hydrogen) atoms. The van der Waals surface area contributed by atoms with Gasteiger partial charge in [-0.05, 0) is 48.6 Å². The molecular weight excluding hydrogens is 288 g/mol. The molecule has 1 aromatic carbocycles. The van der Waals surface area contributed by atoms with E-state index in [-0.39, 0.29) is 0 Å². The molecule has 106 valence electrons. The number of nitrogens with one attached hydrogen (secondary N) is 1. The molecule has 0 amide bonds. The maximum Gasteiger partial charge on any atom is 0.0407 e. The minimum Gasteiger partial charge on any atom is -0.384 e. The molecule has 0 spiro atoms. The fourth-order valence-electron chi connectivity index (χ4n) is 2.34. The number of benzene rings is 1. The SMILES string of the molecule is Clc1ccc(NCCN(Cc2cccs2)C2CC2)cc1. The second-order valence-corrected chi connectivity index (χ2v) is 6.68. The lowest BCUT2D eigenvalue weighted by molar-refractivity contribution is 0.267. The highest BCUT2D eigenvalue weighted by Crippen LogP contribution is 2.28. The lowest BCUT2D eigenvalue weighted by Gasteiger charge is -2.21. The molecule has 4 heteroatoms. The minimum absolute atomic E-state index is 0.785. The van der Waals surface area contributed by atoms with Crippen LogP contribution in [-0.4, -0.2) is 24.0 Å². The summed E-state index contributed by atoms with van der Waals surface area (Å²) < 4.78 is 0. The van der Waals surface area contributed by atoms with Gasteiger partial charge in [0.15, 0.2) is 0 Å². The van der Waals surface area contributed by atoms with Gasteiger partial charge in [0.25, 0.3) is 0 Å². The van der Waals surface area contributed by atoms with Crippen LogP contribution in [0.5, 0.6) is 0 Å². The van der Waals surface area contributed by atoms with Crippen molar-refractivity contribution in [2.75, 3.05) is 18.4 Å². The Morgan fingerprint density at radius 3 is 2.65 bits per heavy atom. The third-order valence-corrected chi connectivity index (χ3v) is 4.69. The molecule has 0 bridgehead atoms. The van der Waals surface area contributed by atoms with Gasteiger partial charge in [0.1, 0.15) is 0 Å². The summed E-state index contributed by atoms with van der Waals surface area (Å²) in [6.45, 7) is 3.15. The van der Waals surface area contributed by atoms with Gasteiger partial charge in [-0.2, -0.15) is 0 Å². The zero-order valence-electron chi connectivity index (χ0n) is 11.4. The van der Waals surface area contributed by atoms with Crippen molar-refractivity contribution in [1.82, 2.24) is 4.90 Å². The normalized spacial score (nSPS) is 14.7. The third kappa shape index (κ3) is 3.98. The van der Waals surface area contributed by atoms with E-state index in [9.17, 15) is 0 Å². The van der Waals surface area contributed by atoms with E-state index < -0.39 is 0 Å². The van der Waals surface area contributed by atoms with Crippen LogP contribution >= 0.6 is 22.9 Å². The van der Waals surface area contributed by atoms with Crippen LogP contribution in [0, 0.1) is 0 Å². The molecule has 0 atom stereocenters. The molecular formula is C16H19ClN2S. The smallest absolute Gasteiger partial charge is 0.0407 e. The van der Waals surface area contributed by atoms with E-state index in [1.807, 2.05) is 35.6 Å². The van der Waals surface area contributed by atoms with Crippen LogP contribution in [0.25, 0.3) is 0 Å². The predicted molar refractivity (Wildman–Crippen MR) is 87.7 cm³/mol. The van der Waals surface area contributed by atoms with E-state index in [0.29, 0.717) is 0 Å². The molecule has 0 radical (unpaired) electrons. The molecule has 1 aliphatic carbocycles. The maximum atomic E-state index is 5.89. The van der Waals surface area contributed by atoms with Crippen LogP contribution in [0.2, 0.25) is 5.02 Å². The van der Waals surface area contributed by atoms with Crippen LogP contribution in [0.15, 0.2) is 41.8 Å². The Morgan fingerprint density at radius 2 is 2.00 bits per heavy atom. The largest absolute Gasteiger partial charge is 0.384 e. The van der Waals surface area contributed by atoms with Crippen molar-refractivity contribution < 1.29 is 0 Å². The molecule has 1 saturated carbocycles. The summed E-state index contributed by atoms with van der Waals surface area (Å²) in [5.74, 6) is 0. The Labute approximate surface area is 129 Å². The highest BCUT2D eigenvalue weighted by Gasteiger charge is 2.28. The van der Waals surface area contributed by atoms with Gasteiger partial charge in [0.2, 0.25) is 0 Å². The number of halogens is 1. The third-order valence-electron chi connectivity index (χ3n) is 3.57. The first-order valence-electron chi connectivity index (χ1n) is 7.07. The van der Waals surface area contributed by atoms with Crippen LogP contribution in [-0.2, 0) is 6.54 Å². The topological polar surface area (TPSA) is 15.3 Å². The van der Waals surface area contributed by atoms with E-state index in [4.69, 9.17) is 11.6 Å². The van der Waals surface area contributed by atoms with Gasteiger partial charge in [-0.3, -0.25) is 4.90 Å². The number of hydrogen-bond acceptors (Lipinski definition) is 3. The fourth-order valence-corrected chi connectivity index (χ4v) is 3.20. The van der Waals surface area contributed by atoms with Crippen molar-refractivity contribution >= 4 is 28.6 Å². The summed E-state index contributed by atoms with van der Waals surface area (Å²) in [4.78, 5) is 4.05. The molecule has 1 N–H and O–H groups in total. The van der Waals surface area contributed by atoms with E-state index in [1.165, 1.54) is 17.7 Å². The molecule has 0 saturated heterocycles. The van der Waals surface area contributed by atoms with Crippen LogP contribution in [0.1, 0.15) is 17.7 Å². The van der Waals surface area contributed by atoms with Gasteiger partial charge in [0, 0.05) is 41.3 Å². The Balaban J connectivity index is 1.48. The summed E-state index contributed by atoms with van der Waals surface area (Å²) >= 11 is 7.74. The van der Waals surface area contributed by atoms with Gasteiger partial charge in [-0.15, -0.1) is 11.3 Å².